The predicted molar refractivity (Wildman–Crippen MR) is 79.0 cm³/mol. The molecule has 0 saturated carbocycles. The highest BCUT2D eigenvalue weighted by Gasteiger charge is 2.34. The van der Waals surface area contributed by atoms with Crippen LogP contribution in [0.15, 0.2) is 4.52 Å². The number of hydrogen-bond acceptors (Lipinski definition) is 6. The van der Waals surface area contributed by atoms with Crippen molar-refractivity contribution in [3.05, 3.63) is 11.7 Å². The summed E-state index contributed by atoms with van der Waals surface area (Å²) in [4.78, 5) is 7.00. The maximum absolute atomic E-state index is 5.91. The van der Waals surface area contributed by atoms with E-state index >= 15 is 0 Å². The smallest absolute Gasteiger partial charge is 0.226 e. The van der Waals surface area contributed by atoms with Crippen LogP contribution in [0.1, 0.15) is 50.9 Å². The molecule has 2 atom stereocenters. The van der Waals surface area contributed by atoms with Crippen molar-refractivity contribution in [2.45, 2.75) is 57.7 Å². The first-order valence-corrected chi connectivity index (χ1v) is 8.14. The van der Waals surface area contributed by atoms with E-state index in [-0.39, 0.29) is 6.10 Å². The van der Waals surface area contributed by atoms with Gasteiger partial charge in [0.05, 0.1) is 6.61 Å². The molecule has 0 aliphatic carbocycles. The lowest BCUT2D eigenvalue weighted by Crippen LogP contribution is -2.42. The number of aryl methyl sites for hydroxylation is 1. The summed E-state index contributed by atoms with van der Waals surface area (Å²) in [6.07, 6.45) is 4.35. The van der Waals surface area contributed by atoms with Gasteiger partial charge in [0.25, 0.3) is 0 Å². The first-order valence-electron chi connectivity index (χ1n) is 8.14. The van der Waals surface area contributed by atoms with Gasteiger partial charge < -0.3 is 14.6 Å². The highest BCUT2D eigenvalue weighted by atomic mass is 16.5. The molecule has 0 spiro atoms. The third kappa shape index (κ3) is 3.81. The standard InChI is InChI=1S/C15H26N4O2/c1-11(2)16-7-3-6-14-17-15(18-21-14)13-9-19-8-4-5-12(19)10-20-13/h11-13,16H,3-10H2,1-2H3. The van der Waals surface area contributed by atoms with Crippen molar-refractivity contribution in [2.75, 3.05) is 26.2 Å². The van der Waals surface area contributed by atoms with Gasteiger partial charge in [0.1, 0.15) is 6.10 Å². The summed E-state index contributed by atoms with van der Waals surface area (Å²) in [6, 6.07) is 1.13. The van der Waals surface area contributed by atoms with Crippen molar-refractivity contribution in [3.8, 4) is 0 Å². The highest BCUT2D eigenvalue weighted by Crippen LogP contribution is 2.28. The molecular formula is C15H26N4O2. The van der Waals surface area contributed by atoms with Crippen LogP contribution in [-0.4, -0.2) is 53.4 Å². The molecule has 1 aromatic rings. The molecule has 3 rings (SSSR count). The van der Waals surface area contributed by atoms with Gasteiger partial charge in [0, 0.05) is 25.0 Å². The minimum Gasteiger partial charge on any atom is -0.367 e. The van der Waals surface area contributed by atoms with Crippen LogP contribution in [0, 0.1) is 0 Å². The van der Waals surface area contributed by atoms with Crippen molar-refractivity contribution in [1.82, 2.24) is 20.4 Å². The van der Waals surface area contributed by atoms with Gasteiger partial charge in [-0.05, 0) is 32.4 Å². The molecule has 2 aliphatic rings. The Bertz CT molecular complexity index is 449. The van der Waals surface area contributed by atoms with Gasteiger partial charge in [-0.1, -0.05) is 19.0 Å². The molecular weight excluding hydrogens is 268 g/mol. The van der Waals surface area contributed by atoms with Gasteiger partial charge in [0.15, 0.2) is 0 Å². The minimum absolute atomic E-state index is 0.0226. The topological polar surface area (TPSA) is 63.4 Å². The lowest BCUT2D eigenvalue weighted by molar-refractivity contribution is -0.0548. The van der Waals surface area contributed by atoms with E-state index < -0.39 is 0 Å². The molecule has 2 unspecified atom stereocenters. The van der Waals surface area contributed by atoms with Gasteiger partial charge in [-0.2, -0.15) is 4.98 Å². The summed E-state index contributed by atoms with van der Waals surface area (Å²) in [5.74, 6) is 1.44. The molecule has 6 heteroatoms. The summed E-state index contributed by atoms with van der Waals surface area (Å²) < 4.78 is 11.3. The fraction of sp³-hybridized carbons (Fsp3) is 0.867. The Labute approximate surface area is 126 Å². The van der Waals surface area contributed by atoms with Crippen LogP contribution >= 0.6 is 0 Å². The number of rotatable bonds is 6. The number of aromatic nitrogens is 2. The summed E-state index contributed by atoms with van der Waals surface area (Å²) in [5, 5.41) is 7.50. The number of nitrogens with one attached hydrogen (secondary N) is 1. The lowest BCUT2D eigenvalue weighted by Gasteiger charge is -2.33. The third-order valence-corrected chi connectivity index (χ3v) is 4.28. The summed E-state index contributed by atoms with van der Waals surface area (Å²) >= 11 is 0. The monoisotopic (exact) mass is 294 g/mol. The van der Waals surface area contributed by atoms with Crippen LogP contribution in [0.5, 0.6) is 0 Å². The van der Waals surface area contributed by atoms with E-state index in [1.54, 1.807) is 0 Å². The largest absolute Gasteiger partial charge is 0.367 e. The molecule has 0 aromatic carbocycles. The fourth-order valence-corrected chi connectivity index (χ4v) is 3.10. The number of morpholine rings is 1. The Hall–Kier alpha value is -0.980. The summed E-state index contributed by atoms with van der Waals surface area (Å²) in [7, 11) is 0. The van der Waals surface area contributed by atoms with Crippen LogP contribution in [0.2, 0.25) is 0 Å². The van der Waals surface area contributed by atoms with Gasteiger partial charge in [-0.15, -0.1) is 0 Å². The molecule has 118 valence electrons. The van der Waals surface area contributed by atoms with E-state index in [9.17, 15) is 0 Å². The van der Waals surface area contributed by atoms with E-state index in [2.05, 4.69) is 34.2 Å². The van der Waals surface area contributed by atoms with Crippen LogP contribution in [0.4, 0.5) is 0 Å². The number of nitrogens with zero attached hydrogens (tertiary/aromatic N) is 3. The predicted octanol–water partition coefficient (Wildman–Crippen LogP) is 1.54. The molecule has 0 radical (unpaired) electrons. The average Bonchev–Trinajstić information content (AvgIpc) is 3.11. The minimum atomic E-state index is -0.0226. The highest BCUT2D eigenvalue weighted by molar-refractivity contribution is 4.97. The molecule has 21 heavy (non-hydrogen) atoms. The molecule has 2 saturated heterocycles. The fourth-order valence-electron chi connectivity index (χ4n) is 3.10. The van der Waals surface area contributed by atoms with Crippen LogP contribution < -0.4 is 5.32 Å². The molecule has 0 amide bonds. The zero-order valence-corrected chi connectivity index (χ0v) is 13.0. The maximum atomic E-state index is 5.91. The Morgan fingerprint density at radius 2 is 2.33 bits per heavy atom. The van der Waals surface area contributed by atoms with Crippen LogP contribution in [0.3, 0.4) is 0 Å². The molecule has 6 nitrogen and oxygen atoms in total. The van der Waals surface area contributed by atoms with Crippen molar-refractivity contribution in [3.63, 3.8) is 0 Å². The molecule has 1 aromatic heterocycles. The van der Waals surface area contributed by atoms with Crippen molar-refractivity contribution < 1.29 is 9.26 Å². The Morgan fingerprint density at radius 3 is 3.19 bits per heavy atom. The number of fused-ring (bicyclic) bond motifs is 1. The number of hydrogen-bond donors (Lipinski definition) is 1. The second-order valence-electron chi connectivity index (χ2n) is 6.37. The Balaban J connectivity index is 1.48. The molecule has 2 aliphatic heterocycles. The van der Waals surface area contributed by atoms with E-state index in [1.165, 1.54) is 19.4 Å². The van der Waals surface area contributed by atoms with Gasteiger partial charge >= 0.3 is 0 Å². The van der Waals surface area contributed by atoms with Gasteiger partial charge in [-0.25, -0.2) is 0 Å². The van der Waals surface area contributed by atoms with Gasteiger partial charge in [-0.3, -0.25) is 4.90 Å². The number of ether oxygens (including phenoxy) is 1. The molecule has 2 fully saturated rings. The van der Waals surface area contributed by atoms with Crippen molar-refractivity contribution in [2.24, 2.45) is 0 Å². The summed E-state index contributed by atoms with van der Waals surface area (Å²) in [6.45, 7) is 8.15. The van der Waals surface area contributed by atoms with Crippen molar-refractivity contribution >= 4 is 0 Å². The Kier molecular flexibility index (Phi) is 4.87. The average molecular weight is 294 g/mol. The van der Waals surface area contributed by atoms with Gasteiger partial charge in [0.2, 0.25) is 11.7 Å². The third-order valence-electron chi connectivity index (χ3n) is 4.28. The molecule has 0 bridgehead atoms. The zero-order valence-electron chi connectivity index (χ0n) is 13.0. The Morgan fingerprint density at radius 1 is 1.43 bits per heavy atom. The first-order chi connectivity index (χ1) is 10.2. The summed E-state index contributed by atoms with van der Waals surface area (Å²) in [5.41, 5.74) is 0. The van der Waals surface area contributed by atoms with Crippen molar-refractivity contribution in [1.29, 1.82) is 0 Å². The van der Waals surface area contributed by atoms with Crippen LogP contribution in [-0.2, 0) is 11.2 Å². The quantitative estimate of drug-likeness (QED) is 0.803. The molecule has 3 heterocycles. The molecule has 1 N–H and O–H groups in total. The lowest BCUT2D eigenvalue weighted by atomic mass is 10.2. The first kappa shape index (κ1) is 14.9. The van der Waals surface area contributed by atoms with Crippen LogP contribution in [0.25, 0.3) is 0 Å². The second kappa shape index (κ2) is 6.85. The van der Waals surface area contributed by atoms with E-state index in [4.69, 9.17) is 9.26 Å². The second-order valence-corrected chi connectivity index (χ2v) is 6.37. The van der Waals surface area contributed by atoms with E-state index in [0.717, 1.165) is 38.4 Å². The van der Waals surface area contributed by atoms with E-state index in [0.29, 0.717) is 17.9 Å². The normalized spacial score (nSPS) is 26.4. The zero-order chi connectivity index (χ0) is 14.7. The SMILES string of the molecule is CC(C)NCCCc1nc(C2CN3CCCC3CO2)no1. The van der Waals surface area contributed by atoms with E-state index in [1.807, 2.05) is 0 Å². The maximum Gasteiger partial charge on any atom is 0.226 e.